The number of amides is 2. The molecule has 34 heavy (non-hydrogen) atoms. The number of nitrogens with zero attached hydrogens (tertiary/aromatic N) is 4. The molecule has 2 amide bonds. The van der Waals surface area contributed by atoms with Crippen molar-refractivity contribution in [1.29, 1.82) is 0 Å². The fourth-order valence-corrected chi connectivity index (χ4v) is 5.32. The van der Waals surface area contributed by atoms with Crippen LogP contribution in [0.3, 0.4) is 0 Å². The Morgan fingerprint density at radius 2 is 1.88 bits per heavy atom. The summed E-state index contributed by atoms with van der Waals surface area (Å²) >= 11 is 0. The monoisotopic (exact) mass is 456 g/mol. The Balaban J connectivity index is 1.32. The van der Waals surface area contributed by atoms with Gasteiger partial charge < -0.3 is 14.7 Å². The molecule has 2 fully saturated rings. The molecule has 2 aliphatic heterocycles. The van der Waals surface area contributed by atoms with Crippen LogP contribution < -0.4 is 0 Å². The van der Waals surface area contributed by atoms with Gasteiger partial charge in [0.25, 0.3) is 5.91 Å². The molecule has 6 heteroatoms. The molecule has 3 aromatic rings. The van der Waals surface area contributed by atoms with Crippen LogP contribution in [0.1, 0.15) is 34.3 Å². The minimum Gasteiger partial charge on any atom is -0.338 e. The Labute approximate surface area is 201 Å². The maximum Gasteiger partial charge on any atom is 0.253 e. The van der Waals surface area contributed by atoms with E-state index in [-0.39, 0.29) is 11.8 Å². The summed E-state index contributed by atoms with van der Waals surface area (Å²) in [6.07, 6.45) is 4.29. The standard InChI is InChI=1S/C28H32N4O2/c1-30-14-15-32(20-22(18-30)17-24-8-3-7-23-10-4-12-29-27(23)24)28(34)25-9-2-6-21(16-25)19-31-13-5-11-26(31)33/h2-4,6-10,12,16,22H,5,11,13-15,17-20H2,1H3/t22-/m1/s1. The van der Waals surface area contributed by atoms with Crippen LogP contribution in [0.15, 0.2) is 60.8 Å². The lowest BCUT2D eigenvalue weighted by atomic mass is 9.96. The van der Waals surface area contributed by atoms with Gasteiger partial charge in [0.05, 0.1) is 5.52 Å². The number of pyridine rings is 1. The lowest BCUT2D eigenvalue weighted by Gasteiger charge is -2.25. The minimum absolute atomic E-state index is 0.0749. The van der Waals surface area contributed by atoms with Gasteiger partial charge in [-0.15, -0.1) is 0 Å². The average Bonchev–Trinajstić information content (AvgIpc) is 3.15. The van der Waals surface area contributed by atoms with E-state index in [2.05, 4.69) is 41.2 Å². The number of benzene rings is 2. The van der Waals surface area contributed by atoms with E-state index in [0.29, 0.717) is 31.0 Å². The summed E-state index contributed by atoms with van der Waals surface area (Å²) < 4.78 is 0. The average molecular weight is 457 g/mol. The zero-order chi connectivity index (χ0) is 23.5. The zero-order valence-electron chi connectivity index (χ0n) is 19.8. The van der Waals surface area contributed by atoms with Gasteiger partial charge in [0, 0.05) is 62.8 Å². The molecule has 0 spiro atoms. The molecule has 0 aliphatic carbocycles. The van der Waals surface area contributed by atoms with Gasteiger partial charge in [-0.3, -0.25) is 14.6 Å². The topological polar surface area (TPSA) is 56.8 Å². The second-order valence-electron chi connectivity index (χ2n) is 9.70. The van der Waals surface area contributed by atoms with Gasteiger partial charge in [0.1, 0.15) is 0 Å². The molecule has 1 aromatic heterocycles. The van der Waals surface area contributed by atoms with Crippen LogP contribution in [0.2, 0.25) is 0 Å². The highest BCUT2D eigenvalue weighted by Gasteiger charge is 2.26. The quantitative estimate of drug-likeness (QED) is 0.589. The molecule has 2 saturated heterocycles. The smallest absolute Gasteiger partial charge is 0.253 e. The molecule has 2 aromatic carbocycles. The summed E-state index contributed by atoms with van der Waals surface area (Å²) in [4.78, 5) is 36.4. The van der Waals surface area contributed by atoms with Crippen molar-refractivity contribution < 1.29 is 9.59 Å². The lowest BCUT2D eigenvalue weighted by Crippen LogP contribution is -2.36. The van der Waals surface area contributed by atoms with Crippen LogP contribution >= 0.6 is 0 Å². The van der Waals surface area contributed by atoms with E-state index in [1.165, 1.54) is 5.56 Å². The Morgan fingerprint density at radius 3 is 2.74 bits per heavy atom. The summed E-state index contributed by atoms with van der Waals surface area (Å²) in [7, 11) is 2.13. The number of hydrogen-bond donors (Lipinski definition) is 0. The number of fused-ring (bicyclic) bond motifs is 1. The summed E-state index contributed by atoms with van der Waals surface area (Å²) in [5.41, 5.74) is 4.02. The number of para-hydroxylation sites is 1. The van der Waals surface area contributed by atoms with Crippen molar-refractivity contribution in [2.75, 3.05) is 39.8 Å². The molecule has 3 heterocycles. The lowest BCUT2D eigenvalue weighted by molar-refractivity contribution is -0.128. The molecule has 0 bridgehead atoms. The van der Waals surface area contributed by atoms with E-state index in [1.54, 1.807) is 0 Å². The number of likely N-dealkylation sites (tertiary alicyclic amines) is 1. The summed E-state index contributed by atoms with van der Waals surface area (Å²) in [5.74, 6) is 0.610. The predicted molar refractivity (Wildman–Crippen MR) is 133 cm³/mol. The van der Waals surface area contributed by atoms with Crippen molar-refractivity contribution in [3.63, 3.8) is 0 Å². The number of aromatic nitrogens is 1. The first-order valence-corrected chi connectivity index (χ1v) is 12.2. The van der Waals surface area contributed by atoms with Crippen LogP contribution in [0.25, 0.3) is 10.9 Å². The van der Waals surface area contributed by atoms with E-state index in [0.717, 1.165) is 55.5 Å². The van der Waals surface area contributed by atoms with Gasteiger partial charge in [-0.25, -0.2) is 0 Å². The molecule has 0 radical (unpaired) electrons. The number of likely N-dealkylation sites (N-methyl/N-ethyl adjacent to an activating group) is 1. The Morgan fingerprint density at radius 1 is 1.03 bits per heavy atom. The van der Waals surface area contributed by atoms with Crippen molar-refractivity contribution in [3.05, 3.63) is 77.5 Å². The third kappa shape index (κ3) is 4.97. The fraction of sp³-hybridized carbons (Fsp3) is 0.393. The van der Waals surface area contributed by atoms with Crippen molar-refractivity contribution in [3.8, 4) is 0 Å². The van der Waals surface area contributed by atoms with Gasteiger partial charge in [-0.2, -0.15) is 0 Å². The zero-order valence-corrected chi connectivity index (χ0v) is 19.8. The molecule has 2 aliphatic rings. The van der Waals surface area contributed by atoms with Gasteiger partial charge in [0.2, 0.25) is 5.91 Å². The van der Waals surface area contributed by atoms with Crippen molar-refractivity contribution in [2.24, 2.45) is 5.92 Å². The summed E-state index contributed by atoms with van der Waals surface area (Å²) in [6.45, 7) is 4.64. The minimum atomic E-state index is 0.0749. The molecule has 0 N–H and O–H groups in total. The van der Waals surface area contributed by atoms with Gasteiger partial charge >= 0.3 is 0 Å². The maximum absolute atomic E-state index is 13.5. The second-order valence-corrected chi connectivity index (χ2v) is 9.70. The van der Waals surface area contributed by atoms with E-state index in [9.17, 15) is 9.59 Å². The molecule has 0 saturated carbocycles. The van der Waals surface area contributed by atoms with Crippen LogP contribution in [0.4, 0.5) is 0 Å². The van der Waals surface area contributed by atoms with Crippen molar-refractivity contribution in [1.82, 2.24) is 19.7 Å². The normalized spacial score (nSPS) is 19.6. The molecule has 6 nitrogen and oxygen atoms in total. The van der Waals surface area contributed by atoms with Crippen LogP contribution in [-0.4, -0.2) is 71.3 Å². The van der Waals surface area contributed by atoms with Crippen molar-refractivity contribution >= 4 is 22.7 Å². The number of rotatable bonds is 5. The van der Waals surface area contributed by atoms with E-state index in [1.807, 2.05) is 46.3 Å². The molecule has 0 unspecified atom stereocenters. The van der Waals surface area contributed by atoms with E-state index in [4.69, 9.17) is 0 Å². The first-order valence-electron chi connectivity index (χ1n) is 12.2. The summed E-state index contributed by atoms with van der Waals surface area (Å²) in [6, 6.07) is 18.2. The highest BCUT2D eigenvalue weighted by molar-refractivity contribution is 5.94. The molecular formula is C28H32N4O2. The third-order valence-corrected chi connectivity index (χ3v) is 7.03. The molecule has 1 atom stereocenters. The Kier molecular flexibility index (Phi) is 6.59. The maximum atomic E-state index is 13.5. The highest BCUT2D eigenvalue weighted by atomic mass is 16.2. The van der Waals surface area contributed by atoms with Gasteiger partial charge in [-0.1, -0.05) is 36.4 Å². The number of hydrogen-bond acceptors (Lipinski definition) is 4. The molecule has 5 rings (SSSR count). The SMILES string of the molecule is CN1CCN(C(=O)c2cccc(CN3CCCC3=O)c2)C[C@H](Cc2cccc3cccnc23)C1. The first-order chi connectivity index (χ1) is 16.6. The summed E-state index contributed by atoms with van der Waals surface area (Å²) in [5, 5.41) is 1.16. The highest BCUT2D eigenvalue weighted by Crippen LogP contribution is 2.23. The van der Waals surface area contributed by atoms with Gasteiger partial charge in [-0.05, 0) is 55.1 Å². The predicted octanol–water partition coefficient (Wildman–Crippen LogP) is 3.60. The Hall–Kier alpha value is -3.25. The van der Waals surface area contributed by atoms with Crippen LogP contribution in [-0.2, 0) is 17.8 Å². The number of carbonyl (C=O) groups excluding carboxylic acids is 2. The van der Waals surface area contributed by atoms with E-state index < -0.39 is 0 Å². The molecular weight excluding hydrogens is 424 g/mol. The van der Waals surface area contributed by atoms with Gasteiger partial charge in [0.15, 0.2) is 0 Å². The first kappa shape index (κ1) is 22.5. The largest absolute Gasteiger partial charge is 0.338 e. The number of carbonyl (C=O) groups is 2. The Bertz CT molecular complexity index is 1190. The van der Waals surface area contributed by atoms with E-state index >= 15 is 0 Å². The van der Waals surface area contributed by atoms with Crippen LogP contribution in [0.5, 0.6) is 0 Å². The second kappa shape index (κ2) is 9.94. The third-order valence-electron chi connectivity index (χ3n) is 7.03. The fourth-order valence-electron chi connectivity index (χ4n) is 5.32. The van der Waals surface area contributed by atoms with Crippen LogP contribution in [0, 0.1) is 5.92 Å². The molecule has 176 valence electrons. The van der Waals surface area contributed by atoms with Crippen molar-refractivity contribution in [2.45, 2.75) is 25.8 Å².